The summed E-state index contributed by atoms with van der Waals surface area (Å²) < 4.78 is 20.7. The summed E-state index contributed by atoms with van der Waals surface area (Å²) in [7, 11) is 0. The molecule has 1 saturated heterocycles. The monoisotopic (exact) mass is 398 g/mol. The van der Waals surface area contributed by atoms with Crippen molar-refractivity contribution in [1.29, 1.82) is 0 Å². The normalized spacial score (nSPS) is 16.8. The third-order valence-corrected chi connectivity index (χ3v) is 5.15. The van der Waals surface area contributed by atoms with Crippen molar-refractivity contribution in [2.75, 3.05) is 38.2 Å². The largest absolute Gasteiger partial charge is 0.379 e. The van der Waals surface area contributed by atoms with Gasteiger partial charge in [-0.3, -0.25) is 4.90 Å². The maximum absolute atomic E-state index is 13.4. The van der Waals surface area contributed by atoms with Crippen molar-refractivity contribution >= 4 is 11.5 Å². The molecule has 2 aromatic heterocycles. The first kappa shape index (κ1) is 19.7. The van der Waals surface area contributed by atoms with Crippen molar-refractivity contribution in [1.82, 2.24) is 24.7 Å². The molecule has 29 heavy (non-hydrogen) atoms. The van der Waals surface area contributed by atoms with Gasteiger partial charge in [-0.15, -0.1) is 15.3 Å². The van der Waals surface area contributed by atoms with Crippen molar-refractivity contribution in [3.63, 3.8) is 0 Å². The van der Waals surface area contributed by atoms with Crippen molar-refractivity contribution in [3.8, 4) is 0 Å². The van der Waals surface area contributed by atoms with Crippen LogP contribution in [0.4, 0.5) is 10.2 Å². The van der Waals surface area contributed by atoms with E-state index < -0.39 is 0 Å². The van der Waals surface area contributed by atoms with E-state index in [0.29, 0.717) is 19.8 Å². The third kappa shape index (κ3) is 4.38. The minimum absolute atomic E-state index is 0.0972. The van der Waals surface area contributed by atoms with Gasteiger partial charge < -0.3 is 10.1 Å². The molecule has 8 heteroatoms. The van der Waals surface area contributed by atoms with Gasteiger partial charge >= 0.3 is 0 Å². The van der Waals surface area contributed by atoms with Crippen LogP contribution in [0, 0.1) is 5.82 Å². The van der Waals surface area contributed by atoms with Crippen molar-refractivity contribution in [2.45, 2.75) is 32.2 Å². The summed E-state index contributed by atoms with van der Waals surface area (Å²) in [5.41, 5.74) is 1.64. The number of nitrogens with one attached hydrogen (secondary N) is 1. The minimum Gasteiger partial charge on any atom is -0.379 e. The van der Waals surface area contributed by atoms with E-state index in [-0.39, 0.29) is 17.3 Å². The zero-order valence-corrected chi connectivity index (χ0v) is 17.1. The number of hydrogen-bond acceptors (Lipinski definition) is 6. The van der Waals surface area contributed by atoms with Gasteiger partial charge in [0.25, 0.3) is 0 Å². The van der Waals surface area contributed by atoms with E-state index in [2.05, 4.69) is 41.2 Å². The van der Waals surface area contributed by atoms with Gasteiger partial charge in [0.05, 0.1) is 19.3 Å². The zero-order chi connectivity index (χ0) is 20.4. The molecule has 0 amide bonds. The molecule has 1 aromatic carbocycles. The predicted octanol–water partition coefficient (Wildman–Crippen LogP) is 3.05. The van der Waals surface area contributed by atoms with Crippen LogP contribution < -0.4 is 5.32 Å². The number of nitrogens with zero attached hydrogens (tertiary/aromatic N) is 5. The topological polar surface area (TPSA) is 67.6 Å². The summed E-state index contributed by atoms with van der Waals surface area (Å²) in [6, 6.07) is 10.7. The molecule has 7 nitrogen and oxygen atoms in total. The lowest BCUT2D eigenvalue weighted by Crippen LogP contribution is -2.41. The van der Waals surface area contributed by atoms with Gasteiger partial charge in [-0.25, -0.2) is 4.39 Å². The van der Waals surface area contributed by atoms with Gasteiger partial charge in [0, 0.05) is 25.0 Å². The molecule has 0 spiro atoms. The number of anilines is 1. The van der Waals surface area contributed by atoms with E-state index in [0.717, 1.165) is 35.9 Å². The smallest absolute Gasteiger partial charge is 0.178 e. The van der Waals surface area contributed by atoms with Gasteiger partial charge in [0.15, 0.2) is 11.5 Å². The Kier molecular flexibility index (Phi) is 5.47. The molecule has 3 heterocycles. The summed E-state index contributed by atoms with van der Waals surface area (Å²) in [4.78, 5) is 2.36. The quantitative estimate of drug-likeness (QED) is 0.713. The molecule has 1 aliphatic rings. The molecule has 0 aliphatic carbocycles. The summed E-state index contributed by atoms with van der Waals surface area (Å²) in [6.07, 6.45) is 0. The Morgan fingerprint density at radius 2 is 1.79 bits per heavy atom. The summed E-state index contributed by atoms with van der Waals surface area (Å²) in [5.74, 6) is 1.35. The molecule has 0 saturated carbocycles. The predicted molar refractivity (Wildman–Crippen MR) is 110 cm³/mol. The SMILES string of the molecule is CC(C)(C)c1nnc2ccc(NCC(c3ccc(F)cc3)N3CCOCC3)nn12. The lowest BCUT2D eigenvalue weighted by Gasteiger charge is -2.35. The number of rotatable bonds is 5. The van der Waals surface area contributed by atoms with E-state index in [1.165, 1.54) is 12.1 Å². The second-order valence-corrected chi connectivity index (χ2v) is 8.36. The highest BCUT2D eigenvalue weighted by Gasteiger charge is 2.24. The number of halogens is 1. The third-order valence-electron chi connectivity index (χ3n) is 5.15. The van der Waals surface area contributed by atoms with Crippen molar-refractivity contribution in [3.05, 3.63) is 53.6 Å². The highest BCUT2D eigenvalue weighted by Crippen LogP contribution is 2.24. The van der Waals surface area contributed by atoms with Crippen molar-refractivity contribution < 1.29 is 9.13 Å². The zero-order valence-electron chi connectivity index (χ0n) is 17.1. The van der Waals surface area contributed by atoms with Crippen LogP contribution in [0.1, 0.15) is 38.2 Å². The van der Waals surface area contributed by atoms with E-state index in [9.17, 15) is 4.39 Å². The molecule has 1 aliphatic heterocycles. The minimum atomic E-state index is -0.225. The number of ether oxygens (including phenoxy) is 1. The standard InChI is InChI=1S/C21H27FN6O/c1-21(2,3)20-25-24-19-9-8-18(26-28(19)20)23-14-17(27-10-12-29-13-11-27)15-4-6-16(22)7-5-15/h4-9,17H,10-14H2,1-3H3,(H,23,26). The van der Waals surface area contributed by atoms with Crippen LogP contribution in [0.15, 0.2) is 36.4 Å². The fourth-order valence-electron chi connectivity index (χ4n) is 3.58. The number of hydrogen-bond donors (Lipinski definition) is 1. The first-order valence-electron chi connectivity index (χ1n) is 9.96. The van der Waals surface area contributed by atoms with E-state index >= 15 is 0 Å². The summed E-state index contributed by atoms with van der Waals surface area (Å²) in [6.45, 7) is 10.0. The van der Waals surface area contributed by atoms with Gasteiger partial charge in [-0.2, -0.15) is 4.52 Å². The Morgan fingerprint density at radius 1 is 1.07 bits per heavy atom. The van der Waals surface area contributed by atoms with Crippen molar-refractivity contribution in [2.24, 2.45) is 0 Å². The Balaban J connectivity index is 1.57. The summed E-state index contributed by atoms with van der Waals surface area (Å²) in [5, 5.41) is 16.7. The summed E-state index contributed by atoms with van der Waals surface area (Å²) >= 11 is 0. The molecule has 3 aromatic rings. The molecular formula is C21H27FN6O. The average molecular weight is 398 g/mol. The van der Waals surface area contributed by atoms with Gasteiger partial charge in [-0.1, -0.05) is 32.9 Å². The van der Waals surface area contributed by atoms with Gasteiger partial charge in [-0.05, 0) is 29.8 Å². The van der Waals surface area contributed by atoms with E-state index in [1.807, 2.05) is 24.3 Å². The lowest BCUT2D eigenvalue weighted by molar-refractivity contribution is 0.0187. The molecule has 0 bridgehead atoms. The Bertz CT molecular complexity index is 959. The first-order chi connectivity index (χ1) is 13.9. The first-order valence-corrected chi connectivity index (χ1v) is 9.96. The van der Waals surface area contributed by atoms with Crippen LogP contribution in [0.25, 0.3) is 5.65 Å². The number of aromatic nitrogens is 4. The van der Waals surface area contributed by atoms with Crippen LogP contribution in [0.3, 0.4) is 0 Å². The van der Waals surface area contributed by atoms with Crippen LogP contribution in [-0.2, 0) is 10.2 Å². The maximum atomic E-state index is 13.4. The Labute approximate surface area is 169 Å². The van der Waals surface area contributed by atoms with Crippen LogP contribution in [0.2, 0.25) is 0 Å². The second-order valence-electron chi connectivity index (χ2n) is 8.36. The van der Waals surface area contributed by atoms with E-state index in [4.69, 9.17) is 9.84 Å². The Morgan fingerprint density at radius 3 is 2.48 bits per heavy atom. The van der Waals surface area contributed by atoms with Crippen LogP contribution in [0.5, 0.6) is 0 Å². The Hall–Kier alpha value is -2.58. The molecule has 1 fully saturated rings. The van der Waals surface area contributed by atoms with Crippen LogP contribution >= 0.6 is 0 Å². The lowest BCUT2D eigenvalue weighted by atomic mass is 9.96. The molecule has 154 valence electrons. The fraction of sp³-hybridized carbons (Fsp3) is 0.476. The molecule has 1 atom stereocenters. The highest BCUT2D eigenvalue weighted by molar-refractivity contribution is 5.44. The second kappa shape index (κ2) is 8.04. The molecule has 1 N–H and O–H groups in total. The molecule has 1 unspecified atom stereocenters. The fourth-order valence-corrected chi connectivity index (χ4v) is 3.58. The highest BCUT2D eigenvalue weighted by atomic mass is 19.1. The maximum Gasteiger partial charge on any atom is 0.178 e. The molecule has 4 rings (SSSR count). The number of benzene rings is 1. The van der Waals surface area contributed by atoms with E-state index in [1.54, 1.807) is 4.52 Å². The number of fused-ring (bicyclic) bond motifs is 1. The van der Waals surface area contributed by atoms with Crippen LogP contribution in [-0.4, -0.2) is 57.6 Å². The average Bonchev–Trinajstić information content (AvgIpc) is 3.14. The van der Waals surface area contributed by atoms with Gasteiger partial charge in [0.1, 0.15) is 11.6 Å². The molecular weight excluding hydrogens is 371 g/mol. The van der Waals surface area contributed by atoms with Gasteiger partial charge in [0.2, 0.25) is 0 Å². The molecule has 0 radical (unpaired) electrons. The number of morpholine rings is 1.